The van der Waals surface area contributed by atoms with Crippen LogP contribution in [0.1, 0.15) is 19.8 Å². The first kappa shape index (κ1) is 16.0. The van der Waals surface area contributed by atoms with Crippen LogP contribution >= 0.6 is 0 Å². The molecule has 0 atom stereocenters. The van der Waals surface area contributed by atoms with Crippen molar-refractivity contribution in [2.45, 2.75) is 25.9 Å². The highest BCUT2D eigenvalue weighted by molar-refractivity contribution is 5.60. The number of anilines is 2. The Labute approximate surface area is 146 Å². The average Bonchev–Trinajstić information content (AvgIpc) is 2.61. The summed E-state index contributed by atoms with van der Waals surface area (Å²) in [7, 11) is 0. The molecule has 1 saturated carbocycles. The normalized spacial score (nSPS) is 23.2. The van der Waals surface area contributed by atoms with E-state index in [1.54, 1.807) is 12.4 Å². The standard InChI is InChI=1S/C17H22N6O2/c1-11-6-13(7-11)25-15-8-14(12-9-19-16(18)20-10-12)21-17(22-15)23-2-4-24-5-3-23/h8-11,13H,2-7H2,1H3,(H2,18,19,20). The molecule has 8 nitrogen and oxygen atoms in total. The van der Waals surface area contributed by atoms with Gasteiger partial charge in [0.15, 0.2) is 0 Å². The third-order valence-electron chi connectivity index (χ3n) is 4.57. The Morgan fingerprint density at radius 2 is 1.88 bits per heavy atom. The third-order valence-corrected chi connectivity index (χ3v) is 4.57. The van der Waals surface area contributed by atoms with Crippen molar-refractivity contribution in [1.29, 1.82) is 0 Å². The molecule has 1 aliphatic carbocycles. The van der Waals surface area contributed by atoms with Crippen molar-refractivity contribution in [3.05, 3.63) is 18.5 Å². The lowest BCUT2D eigenvalue weighted by Gasteiger charge is -2.33. The number of nitrogen functional groups attached to an aromatic ring is 1. The Balaban J connectivity index is 1.65. The molecular formula is C17H22N6O2. The second kappa shape index (κ2) is 6.79. The van der Waals surface area contributed by atoms with Gasteiger partial charge in [-0.3, -0.25) is 0 Å². The van der Waals surface area contributed by atoms with E-state index in [-0.39, 0.29) is 12.1 Å². The number of nitrogens with zero attached hydrogens (tertiary/aromatic N) is 5. The van der Waals surface area contributed by atoms with Gasteiger partial charge in [0.2, 0.25) is 17.8 Å². The maximum absolute atomic E-state index is 6.06. The van der Waals surface area contributed by atoms with Crippen LogP contribution in [0.5, 0.6) is 5.88 Å². The summed E-state index contributed by atoms with van der Waals surface area (Å²) in [5, 5.41) is 0. The first-order valence-electron chi connectivity index (χ1n) is 8.63. The van der Waals surface area contributed by atoms with Gasteiger partial charge in [0, 0.05) is 37.1 Å². The zero-order valence-corrected chi connectivity index (χ0v) is 14.3. The summed E-state index contributed by atoms with van der Waals surface area (Å²) in [6.07, 6.45) is 5.71. The van der Waals surface area contributed by atoms with Crippen molar-refractivity contribution >= 4 is 11.9 Å². The third kappa shape index (κ3) is 3.63. The van der Waals surface area contributed by atoms with Crippen molar-refractivity contribution in [2.75, 3.05) is 36.9 Å². The Kier molecular flexibility index (Phi) is 4.35. The van der Waals surface area contributed by atoms with Gasteiger partial charge in [-0.15, -0.1) is 0 Å². The molecule has 2 fully saturated rings. The summed E-state index contributed by atoms with van der Waals surface area (Å²) in [4.78, 5) is 19.5. The number of hydrogen-bond acceptors (Lipinski definition) is 8. The van der Waals surface area contributed by atoms with E-state index >= 15 is 0 Å². The number of morpholine rings is 1. The van der Waals surface area contributed by atoms with Gasteiger partial charge in [0.05, 0.1) is 18.9 Å². The summed E-state index contributed by atoms with van der Waals surface area (Å²) >= 11 is 0. The SMILES string of the molecule is CC1CC(Oc2cc(-c3cnc(N)nc3)nc(N3CCOCC3)n2)C1. The molecule has 1 saturated heterocycles. The van der Waals surface area contributed by atoms with Gasteiger partial charge in [-0.2, -0.15) is 4.98 Å². The van der Waals surface area contributed by atoms with Crippen LogP contribution in [0.4, 0.5) is 11.9 Å². The predicted octanol–water partition coefficient (Wildman–Crippen LogP) is 1.53. The number of ether oxygens (including phenoxy) is 2. The van der Waals surface area contributed by atoms with Gasteiger partial charge < -0.3 is 20.1 Å². The topological polar surface area (TPSA) is 99.3 Å². The maximum Gasteiger partial charge on any atom is 0.229 e. The van der Waals surface area contributed by atoms with E-state index < -0.39 is 0 Å². The number of rotatable bonds is 4. The lowest BCUT2D eigenvalue weighted by molar-refractivity contribution is 0.0694. The summed E-state index contributed by atoms with van der Waals surface area (Å²) in [5.41, 5.74) is 7.11. The monoisotopic (exact) mass is 342 g/mol. The molecule has 4 rings (SSSR count). The van der Waals surface area contributed by atoms with Gasteiger partial charge in [-0.1, -0.05) is 6.92 Å². The fraction of sp³-hybridized carbons (Fsp3) is 0.529. The molecule has 2 aliphatic rings. The Hall–Kier alpha value is -2.48. The minimum Gasteiger partial charge on any atom is -0.474 e. The highest BCUT2D eigenvalue weighted by Gasteiger charge is 2.28. The van der Waals surface area contributed by atoms with Gasteiger partial charge in [0.1, 0.15) is 6.10 Å². The molecule has 0 aromatic carbocycles. The molecule has 0 amide bonds. The molecule has 2 N–H and O–H groups in total. The van der Waals surface area contributed by atoms with Gasteiger partial charge in [-0.05, 0) is 18.8 Å². The molecule has 2 aromatic heterocycles. The molecule has 0 bridgehead atoms. The van der Waals surface area contributed by atoms with Crippen LogP contribution in [0.15, 0.2) is 18.5 Å². The molecule has 25 heavy (non-hydrogen) atoms. The van der Waals surface area contributed by atoms with Gasteiger partial charge in [0.25, 0.3) is 0 Å². The minimum atomic E-state index is 0.234. The first-order valence-corrected chi connectivity index (χ1v) is 8.63. The molecule has 0 radical (unpaired) electrons. The molecule has 132 valence electrons. The molecule has 1 aliphatic heterocycles. The van der Waals surface area contributed by atoms with Crippen molar-refractivity contribution in [3.8, 4) is 17.1 Å². The van der Waals surface area contributed by atoms with Crippen molar-refractivity contribution in [2.24, 2.45) is 5.92 Å². The average molecular weight is 342 g/mol. The van der Waals surface area contributed by atoms with E-state index in [2.05, 4.69) is 31.8 Å². The Morgan fingerprint density at radius 3 is 2.56 bits per heavy atom. The van der Waals surface area contributed by atoms with E-state index in [0.717, 1.165) is 43.1 Å². The molecule has 0 unspecified atom stereocenters. The fourth-order valence-electron chi connectivity index (χ4n) is 3.09. The van der Waals surface area contributed by atoms with Crippen LogP contribution in [0.25, 0.3) is 11.3 Å². The molecular weight excluding hydrogens is 320 g/mol. The second-order valence-electron chi connectivity index (χ2n) is 6.64. The van der Waals surface area contributed by atoms with Crippen LogP contribution in [-0.4, -0.2) is 52.3 Å². The lowest BCUT2D eigenvalue weighted by atomic mass is 9.84. The van der Waals surface area contributed by atoms with Crippen molar-refractivity contribution < 1.29 is 9.47 Å². The highest BCUT2D eigenvalue weighted by Crippen LogP contribution is 2.32. The molecule has 0 spiro atoms. The van der Waals surface area contributed by atoms with Crippen LogP contribution in [0, 0.1) is 5.92 Å². The number of hydrogen-bond donors (Lipinski definition) is 1. The Morgan fingerprint density at radius 1 is 1.16 bits per heavy atom. The van der Waals surface area contributed by atoms with E-state index in [4.69, 9.17) is 15.2 Å². The van der Waals surface area contributed by atoms with Crippen molar-refractivity contribution in [3.63, 3.8) is 0 Å². The minimum absolute atomic E-state index is 0.234. The summed E-state index contributed by atoms with van der Waals surface area (Å²) < 4.78 is 11.5. The van der Waals surface area contributed by atoms with E-state index in [0.29, 0.717) is 25.0 Å². The van der Waals surface area contributed by atoms with Gasteiger partial charge >= 0.3 is 0 Å². The smallest absolute Gasteiger partial charge is 0.229 e. The molecule has 2 aromatic rings. The number of nitrogens with two attached hydrogens (primary N) is 1. The zero-order chi connectivity index (χ0) is 17.2. The Bertz CT molecular complexity index is 726. The van der Waals surface area contributed by atoms with Crippen molar-refractivity contribution in [1.82, 2.24) is 19.9 Å². The number of aromatic nitrogens is 4. The first-order chi connectivity index (χ1) is 12.2. The highest BCUT2D eigenvalue weighted by atomic mass is 16.5. The zero-order valence-electron chi connectivity index (χ0n) is 14.3. The van der Waals surface area contributed by atoms with Crippen LogP contribution in [0.3, 0.4) is 0 Å². The quantitative estimate of drug-likeness (QED) is 0.893. The summed E-state index contributed by atoms with van der Waals surface area (Å²) in [6.45, 7) is 5.11. The predicted molar refractivity (Wildman–Crippen MR) is 93.3 cm³/mol. The van der Waals surface area contributed by atoms with Crippen LogP contribution in [-0.2, 0) is 4.74 Å². The fourth-order valence-corrected chi connectivity index (χ4v) is 3.09. The maximum atomic E-state index is 6.06. The molecule has 3 heterocycles. The van der Waals surface area contributed by atoms with Crippen LogP contribution in [0.2, 0.25) is 0 Å². The lowest BCUT2D eigenvalue weighted by Crippen LogP contribution is -2.37. The van der Waals surface area contributed by atoms with Gasteiger partial charge in [-0.25, -0.2) is 15.0 Å². The largest absolute Gasteiger partial charge is 0.474 e. The molecule has 8 heteroatoms. The second-order valence-corrected chi connectivity index (χ2v) is 6.64. The van der Waals surface area contributed by atoms with E-state index in [1.165, 1.54) is 0 Å². The summed E-state index contributed by atoms with van der Waals surface area (Å²) in [6, 6.07) is 1.85. The van der Waals surface area contributed by atoms with Crippen LogP contribution < -0.4 is 15.4 Å². The summed E-state index contributed by atoms with van der Waals surface area (Å²) in [5.74, 6) is 2.21. The van der Waals surface area contributed by atoms with E-state index in [9.17, 15) is 0 Å². The van der Waals surface area contributed by atoms with E-state index in [1.807, 2.05) is 6.07 Å².